The number of rotatable bonds is 5. The van der Waals surface area contributed by atoms with Gasteiger partial charge in [-0.2, -0.15) is 13.2 Å². The molecule has 0 amide bonds. The third kappa shape index (κ3) is 4.57. The fourth-order valence-electron chi connectivity index (χ4n) is 1.45. The highest BCUT2D eigenvalue weighted by Crippen LogP contribution is 2.34. The van der Waals surface area contributed by atoms with E-state index in [1.54, 1.807) is 0 Å². The quantitative estimate of drug-likeness (QED) is 0.846. The van der Waals surface area contributed by atoms with E-state index < -0.39 is 11.7 Å². The lowest BCUT2D eigenvalue weighted by Crippen LogP contribution is -2.43. The smallest absolute Gasteiger partial charge is 0.417 e. The molecule has 0 aliphatic heterocycles. The first kappa shape index (κ1) is 17.7. The van der Waals surface area contributed by atoms with E-state index >= 15 is 0 Å². The lowest BCUT2D eigenvalue weighted by atomic mass is 10.1. The second-order valence-electron chi connectivity index (χ2n) is 5.56. The third-order valence-corrected chi connectivity index (χ3v) is 3.58. The molecule has 1 rings (SSSR count). The SMILES string of the molecule is CN(C)C(C)(C)COc1ccc(C(F)(F)F)c(C(N)=S)c1. The zero-order chi connectivity index (χ0) is 16.4. The van der Waals surface area contributed by atoms with E-state index in [1.807, 2.05) is 32.8 Å². The van der Waals surface area contributed by atoms with Crippen LogP contribution in [-0.2, 0) is 6.18 Å². The average molecular weight is 320 g/mol. The maximum absolute atomic E-state index is 12.9. The van der Waals surface area contributed by atoms with Gasteiger partial charge in [-0.15, -0.1) is 0 Å². The minimum atomic E-state index is -4.50. The Kier molecular flexibility index (Phi) is 5.22. The molecule has 2 N–H and O–H groups in total. The number of thiocarbonyl (C=S) groups is 1. The molecule has 0 saturated heterocycles. The molecule has 0 heterocycles. The fourth-order valence-corrected chi connectivity index (χ4v) is 1.62. The molecule has 0 bridgehead atoms. The maximum Gasteiger partial charge on any atom is 0.417 e. The minimum absolute atomic E-state index is 0.224. The van der Waals surface area contributed by atoms with Gasteiger partial charge in [-0.25, -0.2) is 0 Å². The number of benzene rings is 1. The zero-order valence-corrected chi connectivity index (χ0v) is 13.2. The number of halogens is 3. The van der Waals surface area contributed by atoms with E-state index in [4.69, 9.17) is 22.7 Å². The molecule has 0 fully saturated rings. The first-order valence-corrected chi connectivity index (χ1v) is 6.67. The Balaban J connectivity index is 3.03. The predicted octanol–water partition coefficient (Wildman–Crippen LogP) is 3.06. The lowest BCUT2D eigenvalue weighted by Gasteiger charge is -2.32. The van der Waals surface area contributed by atoms with Crippen LogP contribution in [0.4, 0.5) is 13.2 Å². The summed E-state index contributed by atoms with van der Waals surface area (Å²) >= 11 is 4.69. The summed E-state index contributed by atoms with van der Waals surface area (Å²) in [7, 11) is 3.80. The van der Waals surface area contributed by atoms with E-state index in [9.17, 15) is 13.2 Å². The van der Waals surface area contributed by atoms with E-state index in [0.29, 0.717) is 12.4 Å². The van der Waals surface area contributed by atoms with Crippen LogP contribution in [0.25, 0.3) is 0 Å². The number of ether oxygens (including phenoxy) is 1. The Morgan fingerprint density at radius 1 is 1.29 bits per heavy atom. The Bertz CT molecular complexity index is 527. The number of hydrogen-bond acceptors (Lipinski definition) is 3. The van der Waals surface area contributed by atoms with Crippen LogP contribution in [0.15, 0.2) is 18.2 Å². The van der Waals surface area contributed by atoms with Crippen molar-refractivity contribution in [1.82, 2.24) is 4.90 Å². The summed E-state index contributed by atoms with van der Waals surface area (Å²) in [5.74, 6) is 0.306. The fraction of sp³-hybridized carbons (Fsp3) is 0.500. The molecule has 0 unspecified atom stereocenters. The van der Waals surface area contributed by atoms with E-state index in [0.717, 1.165) is 6.07 Å². The lowest BCUT2D eigenvalue weighted by molar-refractivity contribution is -0.137. The summed E-state index contributed by atoms with van der Waals surface area (Å²) in [6, 6.07) is 3.44. The number of alkyl halides is 3. The first-order valence-electron chi connectivity index (χ1n) is 6.26. The van der Waals surface area contributed by atoms with Gasteiger partial charge >= 0.3 is 6.18 Å². The largest absolute Gasteiger partial charge is 0.492 e. The van der Waals surface area contributed by atoms with E-state index in [1.165, 1.54) is 12.1 Å². The Labute approximate surface area is 127 Å². The van der Waals surface area contributed by atoms with Gasteiger partial charge in [0.25, 0.3) is 0 Å². The van der Waals surface area contributed by atoms with Gasteiger partial charge in [0.05, 0.1) is 5.56 Å². The van der Waals surface area contributed by atoms with E-state index in [2.05, 4.69) is 0 Å². The highest BCUT2D eigenvalue weighted by molar-refractivity contribution is 7.80. The molecule has 0 spiro atoms. The molecular formula is C14H19F3N2OS. The van der Waals surface area contributed by atoms with Crippen molar-refractivity contribution < 1.29 is 17.9 Å². The summed E-state index contributed by atoms with van der Waals surface area (Å²) in [4.78, 5) is 1.66. The molecule has 0 aromatic heterocycles. The molecule has 0 radical (unpaired) electrons. The van der Waals surface area contributed by atoms with Crippen LogP contribution in [0, 0.1) is 0 Å². The molecule has 7 heteroatoms. The summed E-state index contributed by atoms with van der Waals surface area (Å²) in [5, 5.41) is 0. The Morgan fingerprint density at radius 3 is 2.29 bits per heavy atom. The van der Waals surface area contributed by atoms with Crippen molar-refractivity contribution in [3.63, 3.8) is 0 Å². The van der Waals surface area contributed by atoms with Crippen LogP contribution in [-0.4, -0.2) is 36.1 Å². The van der Waals surface area contributed by atoms with Gasteiger partial charge in [-0.1, -0.05) is 12.2 Å². The van der Waals surface area contributed by atoms with Crippen LogP contribution in [0.5, 0.6) is 5.75 Å². The van der Waals surface area contributed by atoms with Gasteiger partial charge in [0.15, 0.2) is 0 Å². The summed E-state index contributed by atoms with van der Waals surface area (Å²) in [5.41, 5.74) is 4.04. The second kappa shape index (κ2) is 6.19. The molecule has 0 aliphatic rings. The number of nitrogens with zero attached hydrogens (tertiary/aromatic N) is 1. The van der Waals surface area contributed by atoms with Crippen molar-refractivity contribution in [2.45, 2.75) is 25.6 Å². The van der Waals surface area contributed by atoms with Gasteiger partial charge < -0.3 is 15.4 Å². The van der Waals surface area contributed by atoms with Crippen LogP contribution >= 0.6 is 12.2 Å². The van der Waals surface area contributed by atoms with Crippen LogP contribution in [0.1, 0.15) is 25.0 Å². The molecule has 1 aromatic carbocycles. The van der Waals surface area contributed by atoms with Crippen LogP contribution < -0.4 is 10.5 Å². The van der Waals surface area contributed by atoms with E-state index in [-0.39, 0.29) is 16.1 Å². The van der Waals surface area contributed by atoms with Gasteiger partial charge in [0.2, 0.25) is 0 Å². The molecule has 3 nitrogen and oxygen atoms in total. The van der Waals surface area contributed by atoms with Gasteiger partial charge in [-0.05, 0) is 46.1 Å². The van der Waals surface area contributed by atoms with Gasteiger partial charge in [0, 0.05) is 11.1 Å². The predicted molar refractivity (Wildman–Crippen MR) is 80.6 cm³/mol. The second-order valence-corrected chi connectivity index (χ2v) is 6.00. The normalized spacial score (nSPS) is 12.6. The van der Waals surface area contributed by atoms with Crippen LogP contribution in [0.2, 0.25) is 0 Å². The topological polar surface area (TPSA) is 38.5 Å². The minimum Gasteiger partial charge on any atom is -0.492 e. The Hall–Kier alpha value is -1.34. The first-order chi connectivity index (χ1) is 9.45. The molecule has 0 saturated carbocycles. The molecule has 0 atom stereocenters. The molecule has 1 aromatic rings. The zero-order valence-electron chi connectivity index (χ0n) is 12.4. The summed E-state index contributed by atoms with van der Waals surface area (Å²) < 4.78 is 44.1. The van der Waals surface area contributed by atoms with Crippen molar-refractivity contribution in [1.29, 1.82) is 0 Å². The number of likely N-dealkylation sites (N-methyl/N-ethyl adjacent to an activating group) is 1. The van der Waals surface area contributed by atoms with Crippen molar-refractivity contribution in [3.05, 3.63) is 29.3 Å². The van der Waals surface area contributed by atoms with Gasteiger partial charge in [0.1, 0.15) is 17.3 Å². The molecule has 0 aliphatic carbocycles. The third-order valence-electron chi connectivity index (χ3n) is 3.36. The standard InChI is InChI=1S/C14H19F3N2OS/c1-13(2,19(3)4)8-20-9-5-6-11(14(15,16)17)10(7-9)12(18)21/h5-7H,8H2,1-4H3,(H2,18,21). The molecule has 21 heavy (non-hydrogen) atoms. The highest BCUT2D eigenvalue weighted by Gasteiger charge is 2.34. The van der Waals surface area contributed by atoms with Crippen molar-refractivity contribution >= 4 is 17.2 Å². The van der Waals surface area contributed by atoms with Crippen molar-refractivity contribution in [2.24, 2.45) is 5.73 Å². The highest BCUT2D eigenvalue weighted by atomic mass is 32.1. The number of nitrogens with two attached hydrogens (primary N) is 1. The summed E-state index contributed by atoms with van der Waals surface area (Å²) in [6.45, 7) is 4.25. The average Bonchev–Trinajstić information content (AvgIpc) is 2.34. The van der Waals surface area contributed by atoms with Crippen LogP contribution in [0.3, 0.4) is 0 Å². The van der Waals surface area contributed by atoms with Crippen molar-refractivity contribution in [3.8, 4) is 5.75 Å². The molecule has 118 valence electrons. The summed E-state index contributed by atoms with van der Waals surface area (Å²) in [6.07, 6.45) is -4.50. The molecular weight excluding hydrogens is 301 g/mol. The van der Waals surface area contributed by atoms with Gasteiger partial charge in [-0.3, -0.25) is 0 Å². The van der Waals surface area contributed by atoms with Crippen molar-refractivity contribution in [2.75, 3.05) is 20.7 Å². The number of hydrogen-bond donors (Lipinski definition) is 1. The maximum atomic E-state index is 12.9. The Morgan fingerprint density at radius 2 is 1.86 bits per heavy atom. The monoisotopic (exact) mass is 320 g/mol.